The lowest BCUT2D eigenvalue weighted by Gasteiger charge is -2.24. The molecule has 1 aromatic rings. The number of benzene rings is 1. The third kappa shape index (κ3) is 2.12. The summed E-state index contributed by atoms with van der Waals surface area (Å²) >= 11 is 7.30. The van der Waals surface area contributed by atoms with E-state index in [0.29, 0.717) is 22.1 Å². The number of nitrogens with zero attached hydrogens (tertiary/aromatic N) is 2. The van der Waals surface area contributed by atoms with Crippen molar-refractivity contribution in [1.82, 2.24) is 0 Å². The standard InChI is InChI=1S/C14H9ClN4O2S/c15-9-2-11-10(20-5-21-11)1-6(9)12-7(3-16)13(18)22-14(19)8(12)4-17/h1-2,12H,5,18-19H2. The molecule has 6 nitrogen and oxygen atoms in total. The fraction of sp³-hybridized carbons (Fsp3) is 0.143. The second kappa shape index (κ2) is 5.38. The Bertz CT molecular complexity index is 783. The lowest BCUT2D eigenvalue weighted by Crippen LogP contribution is -2.18. The minimum atomic E-state index is -0.710. The average molecular weight is 333 g/mol. The summed E-state index contributed by atoms with van der Waals surface area (Å²) in [4.78, 5) is 0. The normalized spacial score (nSPS) is 17.4. The maximum Gasteiger partial charge on any atom is 0.231 e. The molecule has 0 radical (unpaired) electrons. The van der Waals surface area contributed by atoms with Crippen LogP contribution in [0.2, 0.25) is 5.02 Å². The molecular weight excluding hydrogens is 324 g/mol. The van der Waals surface area contributed by atoms with E-state index in [1.54, 1.807) is 12.1 Å². The lowest BCUT2D eigenvalue weighted by atomic mass is 9.85. The molecule has 0 fully saturated rings. The summed E-state index contributed by atoms with van der Waals surface area (Å²) in [5.74, 6) is 0.312. The molecule has 0 spiro atoms. The van der Waals surface area contributed by atoms with Crippen molar-refractivity contribution >= 4 is 23.4 Å². The number of hydrogen-bond donors (Lipinski definition) is 2. The molecule has 110 valence electrons. The van der Waals surface area contributed by atoms with Crippen molar-refractivity contribution in [3.05, 3.63) is 43.9 Å². The van der Waals surface area contributed by atoms with E-state index >= 15 is 0 Å². The van der Waals surface area contributed by atoms with Crippen LogP contribution in [0.15, 0.2) is 33.3 Å². The van der Waals surface area contributed by atoms with Gasteiger partial charge in [-0.15, -0.1) is 0 Å². The zero-order valence-corrected chi connectivity index (χ0v) is 12.7. The summed E-state index contributed by atoms with van der Waals surface area (Å²) in [5, 5.41) is 19.7. The van der Waals surface area contributed by atoms with Crippen molar-refractivity contribution in [2.24, 2.45) is 11.5 Å². The van der Waals surface area contributed by atoms with Crippen molar-refractivity contribution < 1.29 is 9.47 Å². The first kappa shape index (κ1) is 14.5. The van der Waals surface area contributed by atoms with Crippen LogP contribution in [0.25, 0.3) is 0 Å². The second-order valence-corrected chi connectivity index (χ2v) is 6.03. The molecule has 0 aromatic heterocycles. The zero-order valence-electron chi connectivity index (χ0n) is 11.1. The van der Waals surface area contributed by atoms with Gasteiger partial charge in [-0.3, -0.25) is 0 Å². The van der Waals surface area contributed by atoms with Crippen LogP contribution in [0, 0.1) is 22.7 Å². The van der Waals surface area contributed by atoms with Crippen molar-refractivity contribution in [3.8, 4) is 23.6 Å². The molecule has 1 aromatic carbocycles. The van der Waals surface area contributed by atoms with Crippen LogP contribution in [0.3, 0.4) is 0 Å². The molecule has 4 N–H and O–H groups in total. The minimum Gasteiger partial charge on any atom is -0.454 e. The number of fused-ring (bicyclic) bond motifs is 1. The van der Waals surface area contributed by atoms with E-state index in [1.165, 1.54) is 0 Å². The third-order valence-electron chi connectivity index (χ3n) is 3.37. The molecule has 0 unspecified atom stereocenters. The van der Waals surface area contributed by atoms with Crippen LogP contribution >= 0.6 is 23.4 Å². The van der Waals surface area contributed by atoms with Gasteiger partial charge in [0.05, 0.1) is 39.3 Å². The number of thioether (sulfide) groups is 1. The first-order valence-electron chi connectivity index (χ1n) is 6.13. The topological polar surface area (TPSA) is 118 Å². The van der Waals surface area contributed by atoms with E-state index in [4.69, 9.17) is 32.5 Å². The maximum atomic E-state index is 9.40. The molecule has 3 rings (SSSR count). The van der Waals surface area contributed by atoms with Gasteiger partial charge in [-0.25, -0.2) is 0 Å². The number of halogens is 1. The van der Waals surface area contributed by atoms with E-state index in [9.17, 15) is 10.5 Å². The SMILES string of the molecule is N#CC1=C(N)SC(N)=C(C#N)C1c1cc2c(cc1Cl)OCO2. The fourth-order valence-electron chi connectivity index (χ4n) is 2.36. The van der Waals surface area contributed by atoms with Gasteiger partial charge in [-0.1, -0.05) is 23.4 Å². The Balaban J connectivity index is 2.22. The fourth-order valence-corrected chi connectivity index (χ4v) is 3.41. The highest BCUT2D eigenvalue weighted by Crippen LogP contribution is 2.47. The molecule has 2 aliphatic rings. The van der Waals surface area contributed by atoms with Crippen LogP contribution in [0.4, 0.5) is 0 Å². The Hall–Kier alpha value is -2.48. The van der Waals surface area contributed by atoms with Crippen LogP contribution in [-0.4, -0.2) is 6.79 Å². The molecule has 2 aliphatic heterocycles. The molecule has 0 aliphatic carbocycles. The number of hydrogen-bond acceptors (Lipinski definition) is 7. The minimum absolute atomic E-state index is 0.0990. The van der Waals surface area contributed by atoms with Crippen LogP contribution in [0.5, 0.6) is 11.5 Å². The van der Waals surface area contributed by atoms with Crippen LogP contribution in [0.1, 0.15) is 11.5 Å². The summed E-state index contributed by atoms with van der Waals surface area (Å²) in [5.41, 5.74) is 12.8. The Morgan fingerprint density at radius 3 is 2.18 bits per heavy atom. The molecule has 0 amide bonds. The Labute approximate surface area is 135 Å². The molecule has 0 atom stereocenters. The molecule has 22 heavy (non-hydrogen) atoms. The van der Waals surface area contributed by atoms with E-state index in [-0.39, 0.29) is 28.0 Å². The van der Waals surface area contributed by atoms with E-state index < -0.39 is 5.92 Å². The average Bonchev–Trinajstić information content (AvgIpc) is 2.92. The van der Waals surface area contributed by atoms with Gasteiger partial charge in [0.15, 0.2) is 11.5 Å². The monoisotopic (exact) mass is 332 g/mol. The summed E-state index contributed by atoms with van der Waals surface area (Å²) in [6.45, 7) is 0.0990. The lowest BCUT2D eigenvalue weighted by molar-refractivity contribution is 0.174. The van der Waals surface area contributed by atoms with Crippen molar-refractivity contribution in [1.29, 1.82) is 10.5 Å². The van der Waals surface area contributed by atoms with Crippen LogP contribution in [-0.2, 0) is 0 Å². The van der Waals surface area contributed by atoms with Gasteiger partial charge in [0.2, 0.25) is 6.79 Å². The quantitative estimate of drug-likeness (QED) is 0.809. The predicted octanol–water partition coefficient (Wildman–Crippen LogP) is 2.29. The molecular formula is C14H9ClN4O2S. The number of ether oxygens (including phenoxy) is 2. The summed E-state index contributed by atoms with van der Waals surface area (Å²) in [6, 6.07) is 7.34. The van der Waals surface area contributed by atoms with Crippen molar-refractivity contribution in [2.45, 2.75) is 5.92 Å². The van der Waals surface area contributed by atoms with E-state index in [0.717, 1.165) is 11.8 Å². The third-order valence-corrected chi connectivity index (χ3v) is 4.58. The van der Waals surface area contributed by atoms with Crippen molar-refractivity contribution in [3.63, 3.8) is 0 Å². The van der Waals surface area contributed by atoms with Gasteiger partial charge in [-0.2, -0.15) is 10.5 Å². The molecule has 0 saturated carbocycles. The Morgan fingerprint density at radius 2 is 1.64 bits per heavy atom. The number of allylic oxidation sites excluding steroid dienone is 2. The van der Waals surface area contributed by atoms with Gasteiger partial charge < -0.3 is 20.9 Å². The van der Waals surface area contributed by atoms with Gasteiger partial charge in [0.25, 0.3) is 0 Å². The summed E-state index contributed by atoms with van der Waals surface area (Å²) in [7, 11) is 0. The number of nitrogens with two attached hydrogens (primary N) is 2. The second-order valence-electron chi connectivity index (χ2n) is 4.54. The first-order chi connectivity index (χ1) is 10.6. The molecule has 0 saturated heterocycles. The summed E-state index contributed by atoms with van der Waals surface area (Å²) in [6.07, 6.45) is 0. The first-order valence-corrected chi connectivity index (χ1v) is 7.32. The van der Waals surface area contributed by atoms with Gasteiger partial charge >= 0.3 is 0 Å². The maximum absolute atomic E-state index is 9.40. The van der Waals surface area contributed by atoms with Crippen molar-refractivity contribution in [2.75, 3.05) is 6.79 Å². The molecule has 8 heteroatoms. The highest BCUT2D eigenvalue weighted by molar-refractivity contribution is 8.06. The van der Waals surface area contributed by atoms with Gasteiger partial charge in [0.1, 0.15) is 0 Å². The number of nitriles is 2. The molecule has 2 heterocycles. The summed E-state index contributed by atoms with van der Waals surface area (Å²) < 4.78 is 10.6. The van der Waals surface area contributed by atoms with E-state index in [2.05, 4.69) is 0 Å². The van der Waals surface area contributed by atoms with Gasteiger partial charge in [0, 0.05) is 11.1 Å². The van der Waals surface area contributed by atoms with Gasteiger partial charge in [-0.05, 0) is 11.6 Å². The molecule has 0 bridgehead atoms. The largest absolute Gasteiger partial charge is 0.454 e. The van der Waals surface area contributed by atoms with Crippen LogP contribution < -0.4 is 20.9 Å². The Morgan fingerprint density at radius 1 is 1.09 bits per heavy atom. The Kier molecular flexibility index (Phi) is 3.53. The highest BCUT2D eigenvalue weighted by atomic mass is 35.5. The highest BCUT2D eigenvalue weighted by Gasteiger charge is 2.33. The predicted molar refractivity (Wildman–Crippen MR) is 81.6 cm³/mol. The number of rotatable bonds is 1. The van der Waals surface area contributed by atoms with E-state index in [1.807, 2.05) is 12.1 Å². The zero-order chi connectivity index (χ0) is 15.9. The smallest absolute Gasteiger partial charge is 0.231 e.